The van der Waals surface area contributed by atoms with Crippen LogP contribution in [0, 0.1) is 0 Å². The number of aromatic nitrogens is 1. The van der Waals surface area contributed by atoms with Crippen molar-refractivity contribution < 1.29 is 19.4 Å². The summed E-state index contributed by atoms with van der Waals surface area (Å²) in [6.07, 6.45) is 1.60. The molecular formula is C23H26ClN3O4. The van der Waals surface area contributed by atoms with Crippen molar-refractivity contribution in [1.82, 2.24) is 14.8 Å². The van der Waals surface area contributed by atoms with E-state index in [9.17, 15) is 14.7 Å². The fraction of sp³-hybridized carbons (Fsp3) is 0.348. The van der Waals surface area contributed by atoms with Crippen LogP contribution >= 0.6 is 11.6 Å². The van der Waals surface area contributed by atoms with Crippen LogP contribution in [0.1, 0.15) is 31.1 Å². The Bertz CT molecular complexity index is 990. The van der Waals surface area contributed by atoms with Gasteiger partial charge in [-0.05, 0) is 43.4 Å². The Balaban J connectivity index is 2.14. The Morgan fingerprint density at radius 1 is 1.23 bits per heavy atom. The zero-order valence-electron chi connectivity index (χ0n) is 17.8. The second-order valence-corrected chi connectivity index (χ2v) is 7.56. The maximum absolute atomic E-state index is 13.1. The average molecular weight is 444 g/mol. The largest absolute Gasteiger partial charge is 0.507 e. The van der Waals surface area contributed by atoms with E-state index in [1.54, 1.807) is 36.5 Å². The van der Waals surface area contributed by atoms with Gasteiger partial charge in [-0.1, -0.05) is 31.5 Å². The first-order chi connectivity index (χ1) is 14.9. The van der Waals surface area contributed by atoms with Gasteiger partial charge in [0.15, 0.2) is 0 Å². The van der Waals surface area contributed by atoms with Crippen molar-refractivity contribution in [1.29, 1.82) is 0 Å². The Hall–Kier alpha value is -2.90. The molecule has 8 heteroatoms. The van der Waals surface area contributed by atoms with Crippen LogP contribution in [0.5, 0.6) is 5.75 Å². The molecule has 1 aromatic carbocycles. The van der Waals surface area contributed by atoms with E-state index >= 15 is 0 Å². The van der Waals surface area contributed by atoms with Gasteiger partial charge in [0.2, 0.25) is 0 Å². The molecule has 0 bridgehead atoms. The van der Waals surface area contributed by atoms with Gasteiger partial charge in [-0.3, -0.25) is 14.6 Å². The van der Waals surface area contributed by atoms with E-state index in [-0.39, 0.29) is 16.9 Å². The molecule has 1 amide bonds. The summed E-state index contributed by atoms with van der Waals surface area (Å²) >= 11 is 6.12. The zero-order valence-corrected chi connectivity index (χ0v) is 18.6. The molecule has 1 aromatic heterocycles. The van der Waals surface area contributed by atoms with Crippen molar-refractivity contribution in [2.45, 2.75) is 19.9 Å². The smallest absolute Gasteiger partial charge is 0.295 e. The van der Waals surface area contributed by atoms with Gasteiger partial charge in [0, 0.05) is 24.3 Å². The van der Waals surface area contributed by atoms with Crippen LogP contribution in [-0.4, -0.2) is 64.9 Å². The molecule has 1 atom stereocenters. The number of halogens is 1. The van der Waals surface area contributed by atoms with Crippen molar-refractivity contribution in [2.24, 2.45) is 0 Å². The summed E-state index contributed by atoms with van der Waals surface area (Å²) in [6.45, 7) is 6.67. The summed E-state index contributed by atoms with van der Waals surface area (Å²) in [5, 5.41) is 11.5. The Labute approximate surface area is 186 Å². The minimum Gasteiger partial charge on any atom is -0.507 e. The zero-order chi connectivity index (χ0) is 22.5. The number of rotatable bonds is 8. The molecule has 0 aliphatic carbocycles. The van der Waals surface area contributed by atoms with E-state index in [4.69, 9.17) is 16.3 Å². The molecule has 1 aliphatic heterocycles. The molecular weight excluding hydrogens is 418 g/mol. The number of aliphatic hydroxyl groups is 1. The molecule has 0 radical (unpaired) electrons. The lowest BCUT2D eigenvalue weighted by molar-refractivity contribution is -0.140. The van der Waals surface area contributed by atoms with Crippen molar-refractivity contribution in [3.05, 3.63) is 64.4 Å². The molecule has 3 rings (SSSR count). The molecule has 1 aliphatic rings. The highest BCUT2D eigenvalue weighted by molar-refractivity contribution is 6.46. The fourth-order valence-electron chi connectivity index (χ4n) is 3.76. The van der Waals surface area contributed by atoms with Gasteiger partial charge in [0.25, 0.3) is 11.7 Å². The van der Waals surface area contributed by atoms with E-state index in [2.05, 4.69) is 9.88 Å². The number of hydrogen-bond donors (Lipinski definition) is 1. The summed E-state index contributed by atoms with van der Waals surface area (Å²) in [5.74, 6) is -1.41. The number of likely N-dealkylation sites (N-methyl/N-ethyl adjacent to an activating group) is 1. The molecule has 1 N–H and O–H groups in total. The summed E-state index contributed by atoms with van der Waals surface area (Å²) in [7, 11) is 1.46. The van der Waals surface area contributed by atoms with E-state index in [1.807, 2.05) is 13.8 Å². The minimum atomic E-state index is -0.805. The van der Waals surface area contributed by atoms with Crippen molar-refractivity contribution in [2.75, 3.05) is 33.3 Å². The maximum atomic E-state index is 13.1. The molecule has 31 heavy (non-hydrogen) atoms. The van der Waals surface area contributed by atoms with Gasteiger partial charge in [-0.2, -0.15) is 0 Å². The molecule has 1 unspecified atom stereocenters. The fourth-order valence-corrected chi connectivity index (χ4v) is 3.93. The van der Waals surface area contributed by atoms with E-state index in [0.29, 0.717) is 29.6 Å². The second-order valence-electron chi connectivity index (χ2n) is 7.12. The van der Waals surface area contributed by atoms with Crippen LogP contribution in [0.4, 0.5) is 0 Å². The Kier molecular flexibility index (Phi) is 7.30. The third-order valence-corrected chi connectivity index (χ3v) is 5.71. The maximum Gasteiger partial charge on any atom is 0.295 e. The third-order valence-electron chi connectivity index (χ3n) is 5.48. The monoisotopic (exact) mass is 443 g/mol. The predicted octanol–water partition coefficient (Wildman–Crippen LogP) is 3.51. The first-order valence-electron chi connectivity index (χ1n) is 10.2. The number of likely N-dealkylation sites (tertiary alicyclic amines) is 1. The van der Waals surface area contributed by atoms with Crippen LogP contribution in [0.25, 0.3) is 5.76 Å². The van der Waals surface area contributed by atoms with Crippen molar-refractivity contribution in [3.8, 4) is 5.75 Å². The number of benzene rings is 1. The molecule has 0 spiro atoms. The third kappa shape index (κ3) is 4.57. The highest BCUT2D eigenvalue weighted by Crippen LogP contribution is 2.40. The van der Waals surface area contributed by atoms with E-state index < -0.39 is 17.7 Å². The summed E-state index contributed by atoms with van der Waals surface area (Å²) in [6, 6.07) is 9.20. The van der Waals surface area contributed by atoms with Gasteiger partial charge < -0.3 is 19.6 Å². The number of ether oxygens (including phenoxy) is 1. The second kappa shape index (κ2) is 9.94. The summed E-state index contributed by atoms with van der Waals surface area (Å²) in [5.41, 5.74) is 0.727. The number of Topliss-reactive ketones (excluding diaryl/α,β-unsaturated/α-hetero) is 1. The number of aliphatic hydroxyl groups excluding tert-OH is 1. The molecule has 1 fully saturated rings. The highest BCUT2D eigenvalue weighted by atomic mass is 35.5. The van der Waals surface area contributed by atoms with Crippen molar-refractivity contribution >= 4 is 29.1 Å². The van der Waals surface area contributed by atoms with Crippen molar-refractivity contribution in [3.63, 3.8) is 0 Å². The topological polar surface area (TPSA) is 83.0 Å². The van der Waals surface area contributed by atoms with Crippen LogP contribution in [0.15, 0.2) is 48.2 Å². The molecule has 1 saturated heterocycles. The van der Waals surface area contributed by atoms with Gasteiger partial charge >= 0.3 is 0 Å². The highest BCUT2D eigenvalue weighted by Gasteiger charge is 2.46. The van der Waals surface area contributed by atoms with Gasteiger partial charge in [0.1, 0.15) is 17.6 Å². The summed E-state index contributed by atoms with van der Waals surface area (Å²) in [4.78, 5) is 34.0. The van der Waals surface area contributed by atoms with E-state index in [1.165, 1.54) is 18.1 Å². The SMILES string of the molecule is CCN(CC)CCN1C(=O)C(=O)/C(=C(/O)c2cc(Cl)ccc2OC)C1c1ccccn1. The molecule has 0 saturated carbocycles. The molecule has 7 nitrogen and oxygen atoms in total. The average Bonchev–Trinajstić information content (AvgIpc) is 3.04. The van der Waals surface area contributed by atoms with Gasteiger partial charge in [-0.25, -0.2) is 0 Å². The number of nitrogens with zero attached hydrogens (tertiary/aromatic N) is 3. The Morgan fingerprint density at radius 3 is 2.58 bits per heavy atom. The Morgan fingerprint density at radius 2 is 1.97 bits per heavy atom. The number of methoxy groups -OCH3 is 1. The quantitative estimate of drug-likeness (QED) is 0.382. The minimum absolute atomic E-state index is 0.0242. The first kappa shape index (κ1) is 22.8. The molecule has 2 aromatic rings. The van der Waals surface area contributed by atoms with Crippen LogP contribution in [0.2, 0.25) is 5.02 Å². The van der Waals surface area contributed by atoms with Crippen LogP contribution < -0.4 is 4.74 Å². The number of carbonyl (C=O) groups excluding carboxylic acids is 2. The number of pyridine rings is 1. The number of amides is 1. The lowest BCUT2D eigenvalue weighted by atomic mass is 9.98. The first-order valence-corrected chi connectivity index (χ1v) is 10.6. The van der Waals surface area contributed by atoms with Crippen LogP contribution in [0.3, 0.4) is 0 Å². The number of hydrogen-bond acceptors (Lipinski definition) is 6. The predicted molar refractivity (Wildman–Crippen MR) is 119 cm³/mol. The van der Waals surface area contributed by atoms with E-state index in [0.717, 1.165) is 13.1 Å². The standard InChI is InChI=1S/C23H26ClN3O4/c1-4-26(5-2)12-13-27-20(17-8-6-7-11-25-17)19(22(29)23(27)30)21(28)16-14-15(24)9-10-18(16)31-3/h6-11,14,20,28H,4-5,12-13H2,1-3H3/b21-19+. The van der Waals surface area contributed by atoms with Gasteiger partial charge in [0.05, 0.1) is 23.9 Å². The lowest BCUT2D eigenvalue weighted by Crippen LogP contribution is -2.38. The lowest BCUT2D eigenvalue weighted by Gasteiger charge is -2.27. The van der Waals surface area contributed by atoms with Gasteiger partial charge in [-0.15, -0.1) is 0 Å². The van der Waals surface area contributed by atoms with Crippen LogP contribution in [-0.2, 0) is 9.59 Å². The molecule has 164 valence electrons. The normalized spacial score (nSPS) is 18.1. The number of carbonyl (C=O) groups is 2. The molecule has 2 heterocycles. The summed E-state index contributed by atoms with van der Waals surface area (Å²) < 4.78 is 5.33. The number of ketones is 1.